The monoisotopic (exact) mass is 484 g/mol. The molecule has 1 aliphatic heterocycles. The van der Waals surface area contributed by atoms with E-state index in [1.165, 1.54) is 17.2 Å². The predicted octanol–water partition coefficient (Wildman–Crippen LogP) is 2.11. The van der Waals surface area contributed by atoms with Gasteiger partial charge in [-0.05, 0) is 49.4 Å². The summed E-state index contributed by atoms with van der Waals surface area (Å²) in [5.41, 5.74) is 8.68. The van der Waals surface area contributed by atoms with Gasteiger partial charge in [-0.1, -0.05) is 0 Å². The second-order valence-corrected chi connectivity index (χ2v) is 7.65. The van der Waals surface area contributed by atoms with Crippen LogP contribution in [0.3, 0.4) is 0 Å². The maximum atomic E-state index is 12.5. The number of ether oxygens (including phenoxy) is 2. The van der Waals surface area contributed by atoms with Crippen LogP contribution in [0.25, 0.3) is 0 Å². The van der Waals surface area contributed by atoms with E-state index in [0.717, 1.165) is 12.1 Å². The minimum atomic E-state index is -4.91. The number of nitrogens with zero attached hydrogens (tertiary/aromatic N) is 2. The number of rotatable bonds is 9. The molecule has 10 nitrogen and oxygen atoms in total. The van der Waals surface area contributed by atoms with Crippen molar-refractivity contribution in [2.45, 2.75) is 51.1 Å². The molecule has 0 radical (unpaired) electrons. The molecule has 0 atom stereocenters. The maximum absolute atomic E-state index is 12.5. The van der Waals surface area contributed by atoms with Gasteiger partial charge in [0.25, 0.3) is 0 Å². The van der Waals surface area contributed by atoms with E-state index >= 15 is 0 Å². The van der Waals surface area contributed by atoms with Crippen LogP contribution in [0.1, 0.15) is 43.2 Å². The number of amides is 2. The van der Waals surface area contributed by atoms with Crippen LogP contribution in [0.15, 0.2) is 30.1 Å². The quantitative estimate of drug-likeness (QED) is 0.307. The third kappa shape index (κ3) is 9.45. The van der Waals surface area contributed by atoms with Crippen LogP contribution in [-0.2, 0) is 16.1 Å². The van der Waals surface area contributed by atoms with Gasteiger partial charge in [-0.3, -0.25) is 10.6 Å². The molecule has 0 aromatic heterocycles. The SMILES string of the molecule is N#Cc1cc(COC(=O)N2CCC(NC(=O)CCC/C(N)=C/NN)CC2)cc(OC(F)(F)F)c1. The summed E-state index contributed by atoms with van der Waals surface area (Å²) >= 11 is 0. The Balaban J connectivity index is 1.77. The number of carbonyl (C=O) groups excluding carboxylic acids is 2. The molecule has 13 heteroatoms. The summed E-state index contributed by atoms with van der Waals surface area (Å²) in [7, 11) is 0. The highest BCUT2D eigenvalue weighted by Gasteiger charge is 2.31. The molecule has 0 spiro atoms. The molecule has 1 fully saturated rings. The summed E-state index contributed by atoms with van der Waals surface area (Å²) in [5.74, 6) is 4.45. The van der Waals surface area contributed by atoms with Crippen molar-refractivity contribution in [2.24, 2.45) is 11.6 Å². The molecular weight excluding hydrogens is 457 g/mol. The lowest BCUT2D eigenvalue weighted by molar-refractivity contribution is -0.274. The normalized spacial score (nSPS) is 14.8. The van der Waals surface area contributed by atoms with Crippen LogP contribution >= 0.6 is 0 Å². The van der Waals surface area contributed by atoms with Gasteiger partial charge < -0.3 is 30.8 Å². The van der Waals surface area contributed by atoms with Crippen molar-refractivity contribution < 1.29 is 32.2 Å². The van der Waals surface area contributed by atoms with Crippen LogP contribution in [0.5, 0.6) is 5.75 Å². The number of nitrogens with two attached hydrogens (primary N) is 2. The van der Waals surface area contributed by atoms with Crippen molar-refractivity contribution in [3.05, 3.63) is 41.2 Å². The van der Waals surface area contributed by atoms with Gasteiger partial charge in [0.1, 0.15) is 12.4 Å². The van der Waals surface area contributed by atoms with Gasteiger partial charge in [0.05, 0.1) is 11.6 Å². The van der Waals surface area contributed by atoms with E-state index < -0.39 is 18.2 Å². The fraction of sp³-hybridized carbons (Fsp3) is 0.476. The van der Waals surface area contributed by atoms with Crippen LogP contribution in [-0.4, -0.2) is 42.4 Å². The van der Waals surface area contributed by atoms with E-state index in [1.807, 2.05) is 0 Å². The third-order valence-electron chi connectivity index (χ3n) is 4.95. The Kier molecular flexibility index (Phi) is 9.81. The molecule has 1 aromatic carbocycles. The fourth-order valence-corrected chi connectivity index (χ4v) is 3.38. The summed E-state index contributed by atoms with van der Waals surface area (Å²) < 4.78 is 46.4. The Bertz CT molecular complexity index is 924. The van der Waals surface area contributed by atoms with Crippen molar-refractivity contribution in [1.82, 2.24) is 15.6 Å². The molecule has 0 saturated carbocycles. The smallest absolute Gasteiger partial charge is 0.445 e. The minimum absolute atomic E-state index is 0.0564. The third-order valence-corrected chi connectivity index (χ3v) is 4.95. The molecule has 0 unspecified atom stereocenters. The molecule has 1 aromatic rings. The number of nitriles is 1. The van der Waals surface area contributed by atoms with E-state index in [1.54, 1.807) is 6.07 Å². The largest absolute Gasteiger partial charge is 0.573 e. The van der Waals surface area contributed by atoms with Crippen LogP contribution in [0, 0.1) is 11.3 Å². The van der Waals surface area contributed by atoms with Crippen LogP contribution < -0.4 is 27.1 Å². The zero-order valence-corrected chi connectivity index (χ0v) is 18.4. The summed E-state index contributed by atoms with van der Waals surface area (Å²) in [5, 5.41) is 11.9. The highest BCUT2D eigenvalue weighted by atomic mass is 19.4. The topological polar surface area (TPSA) is 156 Å². The van der Waals surface area contributed by atoms with E-state index in [4.69, 9.17) is 21.6 Å². The molecule has 6 N–H and O–H groups in total. The predicted molar refractivity (Wildman–Crippen MR) is 114 cm³/mol. The molecule has 1 saturated heterocycles. The number of allylic oxidation sites excluding steroid dienone is 1. The Morgan fingerprint density at radius 1 is 1.24 bits per heavy atom. The number of halogens is 3. The Hall–Kier alpha value is -3.66. The van der Waals surface area contributed by atoms with Gasteiger partial charge in [-0.15, -0.1) is 13.2 Å². The number of hydrogen-bond acceptors (Lipinski definition) is 8. The lowest BCUT2D eigenvalue weighted by Crippen LogP contribution is -2.46. The molecule has 2 amide bonds. The lowest BCUT2D eigenvalue weighted by Gasteiger charge is -2.31. The number of likely N-dealkylation sites (tertiary alicyclic amines) is 1. The second kappa shape index (κ2) is 12.5. The first-order valence-corrected chi connectivity index (χ1v) is 10.5. The van der Waals surface area contributed by atoms with Gasteiger partial charge in [0.2, 0.25) is 5.91 Å². The summed E-state index contributed by atoms with van der Waals surface area (Å²) in [6, 6.07) is 4.97. The summed E-state index contributed by atoms with van der Waals surface area (Å²) in [4.78, 5) is 25.9. The number of nitrogens with one attached hydrogen (secondary N) is 2. The number of hydrazine groups is 1. The molecular formula is C21H27F3N6O4. The van der Waals surface area contributed by atoms with Crippen molar-refractivity contribution in [1.29, 1.82) is 5.26 Å². The van der Waals surface area contributed by atoms with E-state index in [-0.39, 0.29) is 29.7 Å². The molecule has 0 aliphatic carbocycles. The second-order valence-electron chi connectivity index (χ2n) is 7.65. The van der Waals surface area contributed by atoms with Gasteiger partial charge in [-0.25, -0.2) is 4.79 Å². The van der Waals surface area contributed by atoms with E-state index in [0.29, 0.717) is 50.9 Å². The van der Waals surface area contributed by atoms with Gasteiger partial charge in [0, 0.05) is 37.4 Å². The molecule has 1 aliphatic rings. The van der Waals surface area contributed by atoms with Crippen LogP contribution in [0.4, 0.5) is 18.0 Å². The summed E-state index contributed by atoms with van der Waals surface area (Å²) in [6.45, 7) is 0.376. The lowest BCUT2D eigenvalue weighted by atomic mass is 10.0. The number of benzene rings is 1. The first-order chi connectivity index (χ1) is 16.1. The molecule has 1 heterocycles. The Labute approximate surface area is 194 Å². The number of carbonyl (C=O) groups is 2. The standard InChI is InChI=1S/C21H27F3N6O4/c22-21(23,24)34-18-9-14(11-25)8-15(10-18)13-33-20(32)30-6-4-17(5-7-30)29-19(31)3-1-2-16(26)12-28-27/h8-10,12,17,28H,1-7,13,26-27H2,(H,29,31)/b16-12-. The summed E-state index contributed by atoms with van der Waals surface area (Å²) in [6.07, 6.45) is -1.60. The first kappa shape index (κ1) is 26.6. The average molecular weight is 484 g/mol. The van der Waals surface area contributed by atoms with Crippen LogP contribution in [0.2, 0.25) is 0 Å². The van der Waals surface area contributed by atoms with Crippen molar-refractivity contribution >= 4 is 12.0 Å². The highest BCUT2D eigenvalue weighted by molar-refractivity contribution is 5.76. The zero-order valence-electron chi connectivity index (χ0n) is 18.4. The van der Waals surface area contributed by atoms with Gasteiger partial charge in [0.15, 0.2) is 0 Å². The minimum Gasteiger partial charge on any atom is -0.445 e. The molecule has 186 valence electrons. The van der Waals surface area contributed by atoms with E-state index in [9.17, 15) is 22.8 Å². The Morgan fingerprint density at radius 2 is 1.94 bits per heavy atom. The van der Waals surface area contributed by atoms with Crippen molar-refractivity contribution in [3.8, 4) is 11.8 Å². The maximum Gasteiger partial charge on any atom is 0.573 e. The number of piperidine rings is 1. The van der Waals surface area contributed by atoms with E-state index in [2.05, 4.69) is 15.5 Å². The van der Waals surface area contributed by atoms with Gasteiger partial charge >= 0.3 is 12.5 Å². The molecule has 2 rings (SSSR count). The van der Waals surface area contributed by atoms with Crippen molar-refractivity contribution in [3.63, 3.8) is 0 Å². The zero-order chi connectivity index (χ0) is 25.1. The Morgan fingerprint density at radius 3 is 2.56 bits per heavy atom. The average Bonchev–Trinajstić information content (AvgIpc) is 2.76. The number of alkyl halides is 3. The molecule has 34 heavy (non-hydrogen) atoms. The first-order valence-electron chi connectivity index (χ1n) is 10.5. The van der Waals surface area contributed by atoms with Crippen molar-refractivity contribution in [2.75, 3.05) is 13.1 Å². The fourth-order valence-electron chi connectivity index (χ4n) is 3.38. The number of hydrogen-bond donors (Lipinski definition) is 4. The van der Waals surface area contributed by atoms with Gasteiger partial charge in [-0.2, -0.15) is 5.26 Å². The molecule has 0 bridgehead atoms. The highest BCUT2D eigenvalue weighted by Crippen LogP contribution is 2.25.